The Morgan fingerprint density at radius 1 is 1.23 bits per heavy atom. The SMILES string of the molecule is C=CC(=O)N1CCN2c3nc(=O)n(-c4c(C)ccnc4C(C)C)c4nc(-c5c(O)cccc5F)c(Cl)c(c34)S(=O)(=O)CC2C1. The van der Waals surface area contributed by atoms with Crippen molar-refractivity contribution in [2.24, 2.45) is 0 Å². The molecule has 1 saturated heterocycles. The van der Waals surface area contributed by atoms with Gasteiger partial charge in [0.2, 0.25) is 5.91 Å². The molecule has 2 aliphatic heterocycles. The van der Waals surface area contributed by atoms with Gasteiger partial charge in [0.15, 0.2) is 15.5 Å². The highest BCUT2D eigenvalue weighted by Crippen LogP contribution is 2.45. The average Bonchev–Trinajstić information content (AvgIpc) is 3.06. The second-order valence-corrected chi connectivity index (χ2v) is 13.5. The van der Waals surface area contributed by atoms with Gasteiger partial charge < -0.3 is 14.9 Å². The number of piperazine rings is 1. The Labute approximate surface area is 257 Å². The minimum atomic E-state index is -4.30. The summed E-state index contributed by atoms with van der Waals surface area (Å²) >= 11 is 6.84. The van der Waals surface area contributed by atoms with E-state index in [2.05, 4.69) is 21.5 Å². The Morgan fingerprint density at radius 3 is 2.66 bits per heavy atom. The third kappa shape index (κ3) is 4.53. The zero-order valence-electron chi connectivity index (χ0n) is 24.1. The van der Waals surface area contributed by atoms with E-state index < -0.39 is 49.5 Å². The van der Waals surface area contributed by atoms with Crippen molar-refractivity contribution in [3.63, 3.8) is 0 Å². The molecule has 4 aromatic rings. The Bertz CT molecular complexity index is 2050. The molecule has 0 aliphatic carbocycles. The first kappa shape index (κ1) is 29.7. The van der Waals surface area contributed by atoms with Crippen LogP contribution in [0.1, 0.15) is 31.0 Å². The zero-order valence-corrected chi connectivity index (χ0v) is 25.7. The van der Waals surface area contributed by atoms with E-state index in [1.807, 2.05) is 13.8 Å². The number of anilines is 1. The van der Waals surface area contributed by atoms with Crippen LogP contribution in [-0.4, -0.2) is 75.3 Å². The van der Waals surface area contributed by atoms with Gasteiger partial charge in [-0.3, -0.25) is 9.78 Å². The standard InChI is InChI=1S/C30H28ClFN6O5S/c1-5-20(40)36-11-12-37-17(13-36)14-44(42,43)27-22-28(37)35-30(41)38(26-16(4)9-10-33-24(26)15(2)3)29(22)34-25(23(27)31)21-18(32)7-6-8-19(21)39/h5-10,15,17,39H,1,11-14H2,2-4H3. The molecule has 1 N–H and O–H groups in total. The smallest absolute Gasteiger partial charge is 0.355 e. The Hall–Kier alpha value is -4.36. The van der Waals surface area contributed by atoms with Gasteiger partial charge in [0.25, 0.3) is 0 Å². The van der Waals surface area contributed by atoms with Crippen LogP contribution in [0.15, 0.2) is 52.8 Å². The monoisotopic (exact) mass is 638 g/mol. The molecule has 0 radical (unpaired) electrons. The number of sulfone groups is 1. The van der Waals surface area contributed by atoms with E-state index in [-0.39, 0.29) is 58.9 Å². The van der Waals surface area contributed by atoms with Crippen LogP contribution in [0.25, 0.3) is 28.0 Å². The van der Waals surface area contributed by atoms with Gasteiger partial charge in [0.05, 0.1) is 44.8 Å². The van der Waals surface area contributed by atoms with Crippen molar-refractivity contribution in [2.45, 2.75) is 37.6 Å². The van der Waals surface area contributed by atoms with Crippen molar-refractivity contribution in [2.75, 3.05) is 30.3 Å². The zero-order chi connectivity index (χ0) is 31.7. The fourth-order valence-electron chi connectivity index (χ4n) is 6.02. The summed E-state index contributed by atoms with van der Waals surface area (Å²) in [7, 11) is -4.30. The number of phenolic OH excluding ortho intramolecular Hbond substituents is 1. The van der Waals surface area contributed by atoms with Crippen molar-refractivity contribution in [3.05, 3.63) is 75.7 Å². The highest BCUT2D eigenvalue weighted by Gasteiger charge is 2.42. The molecule has 0 saturated carbocycles. The minimum Gasteiger partial charge on any atom is -0.507 e. The lowest BCUT2D eigenvalue weighted by Gasteiger charge is -2.40. The van der Waals surface area contributed by atoms with Gasteiger partial charge in [-0.1, -0.05) is 38.1 Å². The van der Waals surface area contributed by atoms with Crippen LogP contribution in [0.3, 0.4) is 0 Å². The molecular weight excluding hydrogens is 611 g/mol. The number of rotatable bonds is 4. The van der Waals surface area contributed by atoms with Crippen molar-refractivity contribution in [1.82, 2.24) is 24.4 Å². The summed E-state index contributed by atoms with van der Waals surface area (Å²) in [5.41, 5.74) is -0.141. The molecule has 6 rings (SSSR count). The molecule has 14 heteroatoms. The van der Waals surface area contributed by atoms with Crippen LogP contribution in [0.5, 0.6) is 5.75 Å². The van der Waals surface area contributed by atoms with E-state index in [0.717, 1.165) is 12.1 Å². The number of pyridine rings is 2. The molecule has 1 unspecified atom stereocenters. The number of benzene rings is 1. The molecule has 2 aliphatic rings. The number of aromatic hydroxyl groups is 1. The van der Waals surface area contributed by atoms with Crippen LogP contribution in [0.2, 0.25) is 5.02 Å². The predicted molar refractivity (Wildman–Crippen MR) is 164 cm³/mol. The van der Waals surface area contributed by atoms with Gasteiger partial charge in [-0.15, -0.1) is 0 Å². The largest absolute Gasteiger partial charge is 0.507 e. The summed E-state index contributed by atoms with van der Waals surface area (Å²) in [4.78, 5) is 42.9. The van der Waals surface area contributed by atoms with Gasteiger partial charge in [-0.2, -0.15) is 4.98 Å². The second kappa shape index (κ2) is 10.7. The molecule has 1 aromatic carbocycles. The molecule has 1 fully saturated rings. The van der Waals surface area contributed by atoms with Crippen LogP contribution < -0.4 is 10.6 Å². The highest BCUT2D eigenvalue weighted by atomic mass is 35.5. The van der Waals surface area contributed by atoms with Crippen LogP contribution >= 0.6 is 11.6 Å². The molecule has 5 heterocycles. The maximum absolute atomic E-state index is 15.3. The number of amides is 1. The van der Waals surface area contributed by atoms with Gasteiger partial charge in [-0.05, 0) is 42.7 Å². The van der Waals surface area contributed by atoms with Crippen molar-refractivity contribution in [3.8, 4) is 22.7 Å². The van der Waals surface area contributed by atoms with Gasteiger partial charge in [0, 0.05) is 25.8 Å². The van der Waals surface area contributed by atoms with E-state index in [1.165, 1.54) is 21.6 Å². The number of carbonyl (C=O) groups excluding carboxylic acids is 1. The van der Waals surface area contributed by atoms with Gasteiger partial charge in [0.1, 0.15) is 22.3 Å². The van der Waals surface area contributed by atoms with E-state index in [1.54, 1.807) is 24.1 Å². The summed E-state index contributed by atoms with van der Waals surface area (Å²) in [5, 5.41) is 10.3. The maximum Gasteiger partial charge on any atom is 0.355 e. The van der Waals surface area contributed by atoms with Gasteiger partial charge >= 0.3 is 5.69 Å². The Balaban J connectivity index is 1.79. The summed E-state index contributed by atoms with van der Waals surface area (Å²) < 4.78 is 45.0. The number of nitrogens with zero attached hydrogens (tertiary/aromatic N) is 6. The lowest BCUT2D eigenvalue weighted by Crippen LogP contribution is -2.57. The summed E-state index contributed by atoms with van der Waals surface area (Å²) in [5.74, 6) is -2.37. The third-order valence-corrected chi connectivity index (χ3v) is 10.4. The first-order chi connectivity index (χ1) is 20.9. The first-order valence-electron chi connectivity index (χ1n) is 13.9. The number of phenols is 1. The summed E-state index contributed by atoms with van der Waals surface area (Å²) in [6, 6.07) is 4.51. The number of carbonyl (C=O) groups is 1. The average molecular weight is 639 g/mol. The normalized spacial score (nSPS) is 17.5. The molecule has 11 nitrogen and oxygen atoms in total. The molecule has 0 bridgehead atoms. The lowest BCUT2D eigenvalue weighted by atomic mass is 10.0. The van der Waals surface area contributed by atoms with E-state index >= 15 is 4.39 Å². The molecular formula is C30H28ClFN6O5S. The molecule has 3 aromatic heterocycles. The number of aromatic nitrogens is 4. The van der Waals surface area contributed by atoms with E-state index in [4.69, 9.17) is 11.6 Å². The van der Waals surface area contributed by atoms with Crippen molar-refractivity contribution < 1.29 is 22.7 Å². The van der Waals surface area contributed by atoms with Crippen LogP contribution in [-0.2, 0) is 14.6 Å². The predicted octanol–water partition coefficient (Wildman–Crippen LogP) is 3.76. The van der Waals surface area contributed by atoms with Gasteiger partial charge in [-0.25, -0.2) is 27.2 Å². The number of hydrogen-bond donors (Lipinski definition) is 1. The quantitative estimate of drug-likeness (QED) is 0.331. The minimum absolute atomic E-state index is 0.0156. The summed E-state index contributed by atoms with van der Waals surface area (Å²) in [6.07, 6.45) is 2.76. The van der Waals surface area contributed by atoms with Crippen LogP contribution in [0.4, 0.5) is 10.2 Å². The lowest BCUT2D eigenvalue weighted by molar-refractivity contribution is -0.126. The molecule has 1 atom stereocenters. The molecule has 1 amide bonds. The van der Waals surface area contributed by atoms with Crippen LogP contribution in [0, 0.1) is 12.7 Å². The van der Waals surface area contributed by atoms with E-state index in [0.29, 0.717) is 16.9 Å². The second-order valence-electron chi connectivity index (χ2n) is 11.1. The number of halogens is 2. The fourth-order valence-corrected chi connectivity index (χ4v) is 8.43. The fraction of sp³-hybridized carbons (Fsp3) is 0.300. The van der Waals surface area contributed by atoms with Crippen molar-refractivity contribution >= 4 is 44.2 Å². The molecule has 228 valence electrons. The first-order valence-corrected chi connectivity index (χ1v) is 15.9. The Kier molecular flexibility index (Phi) is 7.20. The number of fused-ring (bicyclic) bond motifs is 2. The number of hydrogen-bond acceptors (Lipinski definition) is 9. The summed E-state index contributed by atoms with van der Waals surface area (Å²) in [6.45, 7) is 9.51. The Morgan fingerprint density at radius 2 is 1.98 bits per heavy atom. The third-order valence-electron chi connectivity index (χ3n) is 8.02. The molecule has 0 spiro atoms. The van der Waals surface area contributed by atoms with E-state index in [9.17, 15) is 23.1 Å². The highest BCUT2D eigenvalue weighted by molar-refractivity contribution is 7.91. The van der Waals surface area contributed by atoms with Crippen molar-refractivity contribution in [1.29, 1.82) is 0 Å². The topological polar surface area (TPSA) is 139 Å². The number of aryl methyl sites for hydroxylation is 1. The maximum atomic E-state index is 15.3. The molecule has 44 heavy (non-hydrogen) atoms.